The number of hydrogen-bond donors (Lipinski definition) is 0. The molecule has 94 valence electrons. The molecule has 17 heavy (non-hydrogen) atoms. The smallest absolute Gasteiger partial charge is 0.260 e. The van der Waals surface area contributed by atoms with Crippen LogP contribution in [0.2, 0.25) is 0 Å². The van der Waals surface area contributed by atoms with Gasteiger partial charge in [0.05, 0.1) is 4.47 Å². The van der Waals surface area contributed by atoms with Crippen LogP contribution >= 0.6 is 15.9 Å². The lowest BCUT2D eigenvalue weighted by atomic mass is 10.3. The van der Waals surface area contributed by atoms with Crippen LogP contribution in [0.3, 0.4) is 0 Å². The zero-order valence-electron chi connectivity index (χ0n) is 10.3. The van der Waals surface area contributed by atoms with Crippen molar-refractivity contribution < 1.29 is 9.53 Å². The lowest BCUT2D eigenvalue weighted by molar-refractivity contribution is -0.133. The Morgan fingerprint density at radius 3 is 2.65 bits per heavy atom. The number of ether oxygens (including phenoxy) is 1. The highest BCUT2D eigenvalue weighted by atomic mass is 79.9. The van der Waals surface area contributed by atoms with E-state index in [2.05, 4.69) is 22.9 Å². The number of benzene rings is 1. The maximum Gasteiger partial charge on any atom is 0.260 e. The van der Waals surface area contributed by atoms with E-state index in [4.69, 9.17) is 4.74 Å². The molecule has 4 heteroatoms. The third-order valence-electron chi connectivity index (χ3n) is 2.42. The highest BCUT2D eigenvalue weighted by Gasteiger charge is 2.11. The summed E-state index contributed by atoms with van der Waals surface area (Å²) in [6, 6.07) is 7.53. The second kappa shape index (κ2) is 7.33. The minimum absolute atomic E-state index is 0.0325. The second-order valence-corrected chi connectivity index (χ2v) is 4.55. The molecule has 0 heterocycles. The lowest BCUT2D eigenvalue weighted by Gasteiger charge is -2.20. The average Bonchev–Trinajstić information content (AvgIpc) is 2.34. The Labute approximate surface area is 111 Å². The van der Waals surface area contributed by atoms with Crippen LogP contribution in [0.25, 0.3) is 0 Å². The fourth-order valence-electron chi connectivity index (χ4n) is 1.52. The number of nitrogens with zero attached hydrogens (tertiary/aromatic N) is 1. The van der Waals surface area contributed by atoms with E-state index in [9.17, 15) is 4.79 Å². The second-order valence-electron chi connectivity index (χ2n) is 3.69. The zero-order chi connectivity index (χ0) is 12.7. The maximum atomic E-state index is 11.8. The van der Waals surface area contributed by atoms with Gasteiger partial charge in [-0.15, -0.1) is 0 Å². The first-order valence-corrected chi connectivity index (χ1v) is 6.63. The van der Waals surface area contributed by atoms with Crippen LogP contribution in [-0.2, 0) is 4.79 Å². The van der Waals surface area contributed by atoms with Crippen molar-refractivity contribution in [1.29, 1.82) is 0 Å². The molecule has 0 bridgehead atoms. The topological polar surface area (TPSA) is 29.5 Å². The van der Waals surface area contributed by atoms with Gasteiger partial charge < -0.3 is 9.64 Å². The molecule has 1 amide bonds. The molecule has 1 rings (SSSR count). The summed E-state index contributed by atoms with van der Waals surface area (Å²) in [6.07, 6.45) is 0.967. The van der Waals surface area contributed by atoms with Crippen molar-refractivity contribution in [3.63, 3.8) is 0 Å². The van der Waals surface area contributed by atoms with Crippen LogP contribution in [0.4, 0.5) is 0 Å². The third kappa shape index (κ3) is 4.38. The quantitative estimate of drug-likeness (QED) is 0.808. The van der Waals surface area contributed by atoms with E-state index in [0.717, 1.165) is 24.0 Å². The molecule has 0 N–H and O–H groups in total. The summed E-state index contributed by atoms with van der Waals surface area (Å²) in [7, 11) is 0. The number of carbonyl (C=O) groups excluding carboxylic acids is 1. The normalized spacial score (nSPS) is 10.1. The Morgan fingerprint density at radius 1 is 1.35 bits per heavy atom. The molecule has 0 aliphatic carbocycles. The van der Waals surface area contributed by atoms with Crippen molar-refractivity contribution in [3.8, 4) is 5.75 Å². The number of para-hydroxylation sites is 1. The van der Waals surface area contributed by atoms with Gasteiger partial charge in [0.25, 0.3) is 5.91 Å². The van der Waals surface area contributed by atoms with E-state index in [-0.39, 0.29) is 12.5 Å². The van der Waals surface area contributed by atoms with E-state index in [1.165, 1.54) is 0 Å². The molecule has 0 atom stereocenters. The summed E-state index contributed by atoms with van der Waals surface area (Å²) in [5, 5.41) is 0. The van der Waals surface area contributed by atoms with Crippen molar-refractivity contribution >= 4 is 21.8 Å². The first-order valence-electron chi connectivity index (χ1n) is 5.84. The summed E-state index contributed by atoms with van der Waals surface area (Å²) in [4.78, 5) is 13.6. The Morgan fingerprint density at radius 2 is 2.06 bits per heavy atom. The molecule has 0 aliphatic heterocycles. The van der Waals surface area contributed by atoms with Crippen molar-refractivity contribution in [1.82, 2.24) is 4.90 Å². The summed E-state index contributed by atoms with van der Waals surface area (Å²) < 4.78 is 6.36. The number of amides is 1. The van der Waals surface area contributed by atoms with Crippen LogP contribution in [0, 0.1) is 0 Å². The third-order valence-corrected chi connectivity index (χ3v) is 3.07. The Balaban J connectivity index is 2.50. The van der Waals surface area contributed by atoms with E-state index in [1.807, 2.05) is 31.2 Å². The molecule has 0 saturated heterocycles. The van der Waals surface area contributed by atoms with Gasteiger partial charge in [0, 0.05) is 13.1 Å². The van der Waals surface area contributed by atoms with Gasteiger partial charge in [0.15, 0.2) is 6.61 Å². The van der Waals surface area contributed by atoms with Crippen LogP contribution < -0.4 is 4.74 Å². The molecular weight excluding hydrogens is 282 g/mol. The Kier molecular flexibility index (Phi) is 6.05. The highest BCUT2D eigenvalue weighted by Crippen LogP contribution is 2.23. The maximum absolute atomic E-state index is 11.8. The van der Waals surface area contributed by atoms with Crippen LogP contribution in [0.5, 0.6) is 5.75 Å². The molecular formula is C13H18BrNO2. The molecule has 1 aromatic carbocycles. The van der Waals surface area contributed by atoms with Crippen LogP contribution in [0.15, 0.2) is 28.7 Å². The first-order chi connectivity index (χ1) is 8.19. The van der Waals surface area contributed by atoms with Crippen molar-refractivity contribution in [2.45, 2.75) is 20.3 Å². The number of carbonyl (C=O) groups is 1. The fourth-order valence-corrected chi connectivity index (χ4v) is 1.92. The number of likely N-dealkylation sites (N-methyl/N-ethyl adjacent to an activating group) is 1. The van der Waals surface area contributed by atoms with Gasteiger partial charge in [-0.05, 0) is 41.4 Å². The SMILES string of the molecule is CCCN(CC)C(=O)COc1ccccc1Br. The molecule has 0 spiro atoms. The number of halogens is 1. The molecule has 0 saturated carbocycles. The zero-order valence-corrected chi connectivity index (χ0v) is 11.9. The van der Waals surface area contributed by atoms with Gasteiger partial charge >= 0.3 is 0 Å². The minimum atomic E-state index is 0.0325. The summed E-state index contributed by atoms with van der Waals surface area (Å²) >= 11 is 3.38. The van der Waals surface area contributed by atoms with Gasteiger partial charge in [-0.3, -0.25) is 4.79 Å². The molecule has 0 fully saturated rings. The van der Waals surface area contributed by atoms with Gasteiger partial charge in [-0.1, -0.05) is 19.1 Å². The Hall–Kier alpha value is -1.03. The minimum Gasteiger partial charge on any atom is -0.483 e. The van der Waals surface area contributed by atoms with E-state index >= 15 is 0 Å². The molecule has 1 aromatic rings. The molecule has 0 unspecified atom stereocenters. The molecule has 0 aromatic heterocycles. The molecule has 0 aliphatic rings. The van der Waals surface area contributed by atoms with Crippen LogP contribution in [0.1, 0.15) is 20.3 Å². The van der Waals surface area contributed by atoms with Crippen LogP contribution in [-0.4, -0.2) is 30.5 Å². The predicted octanol–water partition coefficient (Wildman–Crippen LogP) is 3.09. The van der Waals surface area contributed by atoms with Crippen molar-refractivity contribution in [2.24, 2.45) is 0 Å². The van der Waals surface area contributed by atoms with E-state index < -0.39 is 0 Å². The summed E-state index contributed by atoms with van der Waals surface area (Å²) in [5.74, 6) is 0.735. The van der Waals surface area contributed by atoms with Gasteiger partial charge in [-0.25, -0.2) is 0 Å². The van der Waals surface area contributed by atoms with E-state index in [1.54, 1.807) is 4.90 Å². The monoisotopic (exact) mass is 299 g/mol. The first kappa shape index (κ1) is 14.0. The Bertz CT molecular complexity index is 368. The van der Waals surface area contributed by atoms with E-state index in [0.29, 0.717) is 5.75 Å². The molecule has 3 nitrogen and oxygen atoms in total. The predicted molar refractivity (Wildman–Crippen MR) is 72.2 cm³/mol. The lowest BCUT2D eigenvalue weighted by Crippen LogP contribution is -2.35. The standard InChI is InChI=1S/C13H18BrNO2/c1-3-9-15(4-2)13(16)10-17-12-8-6-5-7-11(12)14/h5-8H,3-4,9-10H2,1-2H3. The van der Waals surface area contributed by atoms with Gasteiger partial charge in [-0.2, -0.15) is 0 Å². The largest absolute Gasteiger partial charge is 0.483 e. The summed E-state index contributed by atoms with van der Waals surface area (Å²) in [6.45, 7) is 5.65. The fraction of sp³-hybridized carbons (Fsp3) is 0.462. The van der Waals surface area contributed by atoms with Crippen molar-refractivity contribution in [3.05, 3.63) is 28.7 Å². The average molecular weight is 300 g/mol. The van der Waals surface area contributed by atoms with Crippen molar-refractivity contribution in [2.75, 3.05) is 19.7 Å². The highest BCUT2D eigenvalue weighted by molar-refractivity contribution is 9.10. The summed E-state index contributed by atoms with van der Waals surface area (Å²) in [5.41, 5.74) is 0. The van der Waals surface area contributed by atoms with Gasteiger partial charge in [0.1, 0.15) is 5.75 Å². The molecule has 0 radical (unpaired) electrons. The number of hydrogen-bond acceptors (Lipinski definition) is 2. The van der Waals surface area contributed by atoms with Gasteiger partial charge in [0.2, 0.25) is 0 Å². The number of rotatable bonds is 6.